The lowest BCUT2D eigenvalue weighted by Gasteiger charge is -2.15. The number of benzene rings is 2. The molecular weight excluding hydrogens is 329 g/mol. The van der Waals surface area contributed by atoms with Crippen LogP contribution in [0.1, 0.15) is 40.9 Å². The monoisotopic (exact) mass is 350 g/mol. The van der Waals surface area contributed by atoms with Gasteiger partial charge in [-0.3, -0.25) is 4.79 Å². The molecule has 0 aliphatic carbocycles. The summed E-state index contributed by atoms with van der Waals surface area (Å²) in [6.07, 6.45) is -4.45. The highest BCUT2D eigenvalue weighted by Gasteiger charge is 2.31. The van der Waals surface area contributed by atoms with Crippen LogP contribution in [-0.2, 0) is 6.18 Å². The Bertz CT molecular complexity index is 783. The molecule has 0 bridgehead atoms. The normalized spacial score (nSPS) is 11.5. The fourth-order valence-electron chi connectivity index (χ4n) is 2.45. The molecule has 0 aliphatic rings. The van der Waals surface area contributed by atoms with E-state index in [1.165, 1.54) is 6.07 Å². The van der Waals surface area contributed by atoms with Crippen LogP contribution >= 0.6 is 0 Å². The lowest BCUT2D eigenvalue weighted by Crippen LogP contribution is -2.15. The molecule has 3 nitrogen and oxygen atoms in total. The van der Waals surface area contributed by atoms with E-state index in [2.05, 4.69) is 10.6 Å². The van der Waals surface area contributed by atoms with E-state index in [0.29, 0.717) is 11.1 Å². The van der Waals surface area contributed by atoms with Crippen molar-refractivity contribution in [2.45, 2.75) is 39.9 Å². The van der Waals surface area contributed by atoms with Crippen LogP contribution in [0, 0.1) is 13.8 Å². The lowest BCUT2D eigenvalue weighted by molar-refractivity contribution is -0.137. The highest BCUT2D eigenvalue weighted by Crippen LogP contribution is 2.32. The van der Waals surface area contributed by atoms with Gasteiger partial charge in [0.25, 0.3) is 5.91 Å². The van der Waals surface area contributed by atoms with Crippen molar-refractivity contribution in [3.05, 3.63) is 58.7 Å². The Morgan fingerprint density at radius 1 is 1.04 bits per heavy atom. The Labute approximate surface area is 145 Å². The molecule has 2 aromatic carbocycles. The van der Waals surface area contributed by atoms with E-state index in [1.54, 1.807) is 25.1 Å². The topological polar surface area (TPSA) is 41.1 Å². The molecule has 2 aromatic rings. The summed E-state index contributed by atoms with van der Waals surface area (Å²) < 4.78 is 38.7. The van der Waals surface area contributed by atoms with Crippen molar-refractivity contribution >= 4 is 17.3 Å². The minimum atomic E-state index is -4.45. The fourth-order valence-corrected chi connectivity index (χ4v) is 2.45. The quantitative estimate of drug-likeness (QED) is 0.776. The predicted octanol–water partition coefficient (Wildman–Crippen LogP) is 5.39. The zero-order valence-corrected chi connectivity index (χ0v) is 14.6. The highest BCUT2D eigenvalue weighted by atomic mass is 19.4. The second kappa shape index (κ2) is 7.17. The van der Waals surface area contributed by atoms with Crippen molar-refractivity contribution < 1.29 is 18.0 Å². The smallest absolute Gasteiger partial charge is 0.383 e. The number of hydrogen-bond acceptors (Lipinski definition) is 2. The van der Waals surface area contributed by atoms with Gasteiger partial charge in [-0.2, -0.15) is 13.2 Å². The third-order valence-electron chi connectivity index (χ3n) is 3.61. The first-order chi connectivity index (χ1) is 11.6. The molecule has 0 unspecified atom stereocenters. The molecule has 0 radical (unpaired) electrons. The first-order valence-corrected chi connectivity index (χ1v) is 7.93. The number of rotatable bonds is 4. The van der Waals surface area contributed by atoms with E-state index < -0.39 is 17.6 Å². The Kier molecular flexibility index (Phi) is 5.40. The molecule has 0 atom stereocenters. The van der Waals surface area contributed by atoms with E-state index in [1.807, 2.05) is 20.8 Å². The summed E-state index contributed by atoms with van der Waals surface area (Å²) in [4.78, 5) is 12.4. The van der Waals surface area contributed by atoms with E-state index in [0.717, 1.165) is 23.4 Å². The first-order valence-electron chi connectivity index (χ1n) is 7.93. The van der Waals surface area contributed by atoms with Gasteiger partial charge in [0.15, 0.2) is 0 Å². The molecule has 0 aliphatic heterocycles. The van der Waals surface area contributed by atoms with Crippen LogP contribution in [-0.4, -0.2) is 11.9 Å². The van der Waals surface area contributed by atoms with Crippen molar-refractivity contribution in [2.24, 2.45) is 0 Å². The van der Waals surface area contributed by atoms with E-state index in [9.17, 15) is 18.0 Å². The third-order valence-corrected chi connectivity index (χ3v) is 3.61. The van der Waals surface area contributed by atoms with Gasteiger partial charge in [-0.15, -0.1) is 0 Å². The Hall–Kier alpha value is -2.50. The standard InChI is InChI=1S/C19H21F3N2O/c1-11(2)23-17-9-14(6-5-13(17)4)18(25)24-16-8-12(3)7-15(10-16)19(20,21)22/h5-11,23H,1-4H3,(H,24,25). The summed E-state index contributed by atoms with van der Waals surface area (Å²) >= 11 is 0. The van der Waals surface area contributed by atoms with Crippen LogP contribution in [0.25, 0.3) is 0 Å². The first kappa shape index (κ1) is 18.8. The number of halogens is 3. The summed E-state index contributed by atoms with van der Waals surface area (Å²) in [7, 11) is 0. The Morgan fingerprint density at radius 2 is 1.72 bits per heavy atom. The zero-order chi connectivity index (χ0) is 18.8. The number of hydrogen-bond donors (Lipinski definition) is 2. The molecule has 0 heterocycles. The molecule has 0 saturated heterocycles. The lowest BCUT2D eigenvalue weighted by atomic mass is 10.1. The van der Waals surface area contributed by atoms with Gasteiger partial charge in [0, 0.05) is 23.0 Å². The number of amides is 1. The maximum Gasteiger partial charge on any atom is 0.416 e. The average molecular weight is 350 g/mol. The van der Waals surface area contributed by atoms with Gasteiger partial charge < -0.3 is 10.6 Å². The Morgan fingerprint density at radius 3 is 2.32 bits per heavy atom. The number of nitrogens with one attached hydrogen (secondary N) is 2. The highest BCUT2D eigenvalue weighted by molar-refractivity contribution is 6.05. The predicted molar refractivity (Wildman–Crippen MR) is 94.1 cm³/mol. The number of anilines is 2. The molecule has 0 aromatic heterocycles. The molecular formula is C19H21F3N2O. The van der Waals surface area contributed by atoms with Crippen LogP contribution in [0.4, 0.5) is 24.5 Å². The molecule has 2 rings (SSSR count). The molecule has 134 valence electrons. The second-order valence-corrected chi connectivity index (χ2v) is 6.37. The SMILES string of the molecule is Cc1cc(NC(=O)c2ccc(C)c(NC(C)C)c2)cc(C(F)(F)F)c1. The molecule has 6 heteroatoms. The molecule has 0 spiro atoms. The van der Waals surface area contributed by atoms with Gasteiger partial charge in [0.05, 0.1) is 5.56 Å². The van der Waals surface area contributed by atoms with Crippen molar-refractivity contribution in [1.82, 2.24) is 0 Å². The van der Waals surface area contributed by atoms with Gasteiger partial charge in [-0.05, 0) is 69.2 Å². The molecule has 0 saturated carbocycles. The zero-order valence-electron chi connectivity index (χ0n) is 14.6. The summed E-state index contributed by atoms with van der Waals surface area (Å²) in [5, 5.41) is 5.79. The summed E-state index contributed by atoms with van der Waals surface area (Å²) in [6.45, 7) is 7.44. The average Bonchev–Trinajstić information content (AvgIpc) is 2.47. The van der Waals surface area contributed by atoms with Crippen molar-refractivity contribution in [2.75, 3.05) is 10.6 Å². The van der Waals surface area contributed by atoms with Gasteiger partial charge >= 0.3 is 6.18 Å². The third kappa shape index (κ3) is 4.98. The largest absolute Gasteiger partial charge is 0.416 e. The minimum absolute atomic E-state index is 0.122. The van der Waals surface area contributed by atoms with Crippen molar-refractivity contribution in [3.63, 3.8) is 0 Å². The van der Waals surface area contributed by atoms with Crippen LogP contribution in [0.2, 0.25) is 0 Å². The Balaban J connectivity index is 2.27. The molecule has 25 heavy (non-hydrogen) atoms. The molecule has 0 fully saturated rings. The maximum absolute atomic E-state index is 12.9. The van der Waals surface area contributed by atoms with Crippen molar-refractivity contribution in [1.29, 1.82) is 0 Å². The van der Waals surface area contributed by atoms with Crippen LogP contribution in [0.3, 0.4) is 0 Å². The maximum atomic E-state index is 12.9. The number of carbonyl (C=O) groups excluding carboxylic acids is 1. The fraction of sp³-hybridized carbons (Fsp3) is 0.316. The van der Waals surface area contributed by atoms with Crippen LogP contribution < -0.4 is 10.6 Å². The van der Waals surface area contributed by atoms with E-state index in [-0.39, 0.29) is 11.7 Å². The van der Waals surface area contributed by atoms with E-state index >= 15 is 0 Å². The minimum Gasteiger partial charge on any atom is -0.383 e. The summed E-state index contributed by atoms with van der Waals surface area (Å²) in [5.74, 6) is -0.453. The van der Waals surface area contributed by atoms with Crippen LogP contribution in [0.15, 0.2) is 36.4 Å². The van der Waals surface area contributed by atoms with Gasteiger partial charge in [0.1, 0.15) is 0 Å². The number of alkyl halides is 3. The summed E-state index contributed by atoms with van der Waals surface area (Å²) in [5.41, 5.74) is 1.95. The van der Waals surface area contributed by atoms with Gasteiger partial charge in [-0.1, -0.05) is 6.07 Å². The number of carbonyl (C=O) groups is 1. The molecule has 2 N–H and O–H groups in total. The molecule has 1 amide bonds. The van der Waals surface area contributed by atoms with Crippen molar-refractivity contribution in [3.8, 4) is 0 Å². The summed E-state index contributed by atoms with van der Waals surface area (Å²) in [6, 6.07) is 8.84. The second-order valence-electron chi connectivity index (χ2n) is 6.37. The van der Waals surface area contributed by atoms with Gasteiger partial charge in [0.2, 0.25) is 0 Å². The van der Waals surface area contributed by atoms with E-state index in [4.69, 9.17) is 0 Å². The van der Waals surface area contributed by atoms with Crippen LogP contribution in [0.5, 0.6) is 0 Å². The number of aryl methyl sites for hydroxylation is 2. The van der Waals surface area contributed by atoms with Gasteiger partial charge in [-0.25, -0.2) is 0 Å².